The van der Waals surface area contributed by atoms with Gasteiger partial charge in [0.1, 0.15) is 0 Å². The van der Waals surface area contributed by atoms with Crippen molar-refractivity contribution in [1.82, 2.24) is 0 Å². The van der Waals surface area contributed by atoms with Gasteiger partial charge in [0, 0.05) is 4.43 Å². The van der Waals surface area contributed by atoms with Gasteiger partial charge in [0.15, 0.2) is 0 Å². The van der Waals surface area contributed by atoms with Crippen LogP contribution in [0.4, 0.5) is 0 Å². The Hall–Kier alpha value is -0.0900. The summed E-state index contributed by atoms with van der Waals surface area (Å²) in [7, 11) is 0. The minimum atomic E-state index is 0.282. The van der Waals surface area contributed by atoms with E-state index in [-0.39, 0.29) is 6.10 Å². The van der Waals surface area contributed by atoms with Crippen LogP contribution in [0.5, 0.6) is 0 Å². The number of halogens is 1. The largest absolute Gasteiger partial charge is 0.369 e. The topological polar surface area (TPSA) is 9.23 Å². The summed E-state index contributed by atoms with van der Waals surface area (Å²) in [5, 5.41) is 0. The van der Waals surface area contributed by atoms with Crippen molar-refractivity contribution in [2.45, 2.75) is 44.8 Å². The van der Waals surface area contributed by atoms with Gasteiger partial charge in [0.25, 0.3) is 0 Å². The SMILES string of the molecule is Cc1ccc(C(CI)OC2CCCC2)cc1. The molecule has 1 aromatic rings. The van der Waals surface area contributed by atoms with Crippen molar-refractivity contribution in [3.05, 3.63) is 35.4 Å². The van der Waals surface area contributed by atoms with Crippen molar-refractivity contribution in [3.8, 4) is 0 Å². The lowest BCUT2D eigenvalue weighted by molar-refractivity contribution is 0.00525. The first kappa shape index (κ1) is 12.4. The van der Waals surface area contributed by atoms with E-state index in [4.69, 9.17) is 4.74 Å². The predicted molar refractivity (Wildman–Crippen MR) is 76.1 cm³/mol. The summed E-state index contributed by atoms with van der Waals surface area (Å²) < 4.78 is 7.22. The van der Waals surface area contributed by atoms with Crippen molar-refractivity contribution < 1.29 is 4.74 Å². The van der Waals surface area contributed by atoms with Crippen molar-refractivity contribution in [1.29, 1.82) is 0 Å². The van der Waals surface area contributed by atoms with Crippen LogP contribution in [-0.4, -0.2) is 10.5 Å². The zero-order valence-electron chi connectivity index (χ0n) is 9.79. The molecule has 0 aliphatic heterocycles. The zero-order chi connectivity index (χ0) is 11.4. The van der Waals surface area contributed by atoms with Crippen molar-refractivity contribution in [2.75, 3.05) is 4.43 Å². The molecule has 0 bridgehead atoms. The Morgan fingerprint density at radius 1 is 1.25 bits per heavy atom. The molecular formula is C14H19IO. The molecule has 2 rings (SSSR count). The number of aryl methyl sites for hydroxylation is 1. The van der Waals surface area contributed by atoms with Crippen LogP contribution in [0.25, 0.3) is 0 Å². The van der Waals surface area contributed by atoms with Crippen molar-refractivity contribution in [3.63, 3.8) is 0 Å². The Morgan fingerprint density at radius 2 is 1.88 bits per heavy atom. The van der Waals surface area contributed by atoms with E-state index in [2.05, 4.69) is 53.8 Å². The average Bonchev–Trinajstić information content (AvgIpc) is 2.80. The standard InChI is InChI=1S/C14H19IO/c1-11-6-8-12(9-7-11)14(10-15)16-13-4-2-3-5-13/h6-9,13-14H,2-5,10H2,1H3. The van der Waals surface area contributed by atoms with Gasteiger partial charge in [0.05, 0.1) is 12.2 Å². The summed E-state index contributed by atoms with van der Waals surface area (Å²) >= 11 is 2.42. The lowest BCUT2D eigenvalue weighted by Gasteiger charge is -2.20. The maximum atomic E-state index is 6.18. The normalized spacial score (nSPS) is 18.9. The van der Waals surface area contributed by atoms with Gasteiger partial charge >= 0.3 is 0 Å². The summed E-state index contributed by atoms with van der Waals surface area (Å²) in [5.41, 5.74) is 2.64. The summed E-state index contributed by atoms with van der Waals surface area (Å²) in [6, 6.07) is 8.75. The van der Waals surface area contributed by atoms with Crippen molar-refractivity contribution in [2.24, 2.45) is 0 Å². The van der Waals surface area contributed by atoms with E-state index in [1.54, 1.807) is 0 Å². The number of benzene rings is 1. The second-order valence-electron chi connectivity index (χ2n) is 4.60. The number of hydrogen-bond donors (Lipinski definition) is 0. The maximum absolute atomic E-state index is 6.18. The van der Waals surface area contributed by atoms with Gasteiger partial charge in [-0.05, 0) is 25.3 Å². The number of ether oxygens (including phenoxy) is 1. The van der Waals surface area contributed by atoms with Crippen LogP contribution in [0.1, 0.15) is 42.9 Å². The molecule has 0 N–H and O–H groups in total. The van der Waals surface area contributed by atoms with E-state index in [1.807, 2.05) is 0 Å². The van der Waals surface area contributed by atoms with Crippen molar-refractivity contribution >= 4 is 22.6 Å². The highest BCUT2D eigenvalue weighted by atomic mass is 127. The molecule has 0 radical (unpaired) electrons. The van der Waals surface area contributed by atoms with Gasteiger partial charge in [-0.3, -0.25) is 0 Å². The Balaban J connectivity index is 2.00. The smallest absolute Gasteiger partial charge is 0.0918 e. The Kier molecular flexibility index (Phi) is 4.65. The van der Waals surface area contributed by atoms with Crippen LogP contribution in [-0.2, 0) is 4.74 Å². The third kappa shape index (κ3) is 3.20. The van der Waals surface area contributed by atoms with E-state index in [9.17, 15) is 0 Å². The molecule has 1 atom stereocenters. The third-order valence-corrected chi connectivity index (χ3v) is 4.05. The fourth-order valence-corrected chi connectivity index (χ4v) is 2.96. The fraction of sp³-hybridized carbons (Fsp3) is 0.571. The second kappa shape index (κ2) is 6.01. The van der Waals surface area contributed by atoms with Crippen LogP contribution in [0, 0.1) is 6.92 Å². The Labute approximate surface area is 112 Å². The van der Waals surface area contributed by atoms with Gasteiger partial charge in [0.2, 0.25) is 0 Å². The van der Waals surface area contributed by atoms with Gasteiger partial charge in [-0.2, -0.15) is 0 Å². The van der Waals surface area contributed by atoms with E-state index in [0.717, 1.165) is 4.43 Å². The van der Waals surface area contributed by atoms with Crippen LogP contribution >= 0.6 is 22.6 Å². The maximum Gasteiger partial charge on any atom is 0.0918 e. The van der Waals surface area contributed by atoms with Crippen LogP contribution in [0.3, 0.4) is 0 Å². The first-order valence-corrected chi connectivity index (χ1v) is 7.60. The van der Waals surface area contributed by atoms with Crippen LogP contribution < -0.4 is 0 Å². The number of alkyl halides is 1. The lowest BCUT2D eigenvalue weighted by Crippen LogP contribution is -2.14. The molecule has 1 aliphatic carbocycles. The molecule has 0 heterocycles. The molecule has 1 aliphatic rings. The highest BCUT2D eigenvalue weighted by Gasteiger charge is 2.20. The quantitative estimate of drug-likeness (QED) is 0.586. The van der Waals surface area contributed by atoms with Crippen LogP contribution in [0.15, 0.2) is 24.3 Å². The van der Waals surface area contributed by atoms with E-state index in [0.29, 0.717) is 6.10 Å². The van der Waals surface area contributed by atoms with Gasteiger partial charge in [-0.25, -0.2) is 0 Å². The fourth-order valence-electron chi connectivity index (χ4n) is 2.24. The summed E-state index contributed by atoms with van der Waals surface area (Å²) in [4.78, 5) is 0. The minimum absolute atomic E-state index is 0.282. The molecule has 0 saturated heterocycles. The molecule has 1 aromatic carbocycles. The molecule has 1 fully saturated rings. The molecule has 1 saturated carbocycles. The summed E-state index contributed by atoms with van der Waals surface area (Å²) in [6.45, 7) is 2.13. The molecule has 1 unspecified atom stereocenters. The Morgan fingerprint density at radius 3 is 2.44 bits per heavy atom. The lowest BCUT2D eigenvalue weighted by atomic mass is 10.1. The van der Waals surface area contributed by atoms with E-state index >= 15 is 0 Å². The van der Waals surface area contributed by atoms with Crippen LogP contribution in [0.2, 0.25) is 0 Å². The molecule has 0 aromatic heterocycles. The van der Waals surface area contributed by atoms with E-state index in [1.165, 1.54) is 36.8 Å². The third-order valence-electron chi connectivity index (χ3n) is 3.25. The molecular weight excluding hydrogens is 311 g/mol. The molecule has 0 amide bonds. The first-order valence-electron chi connectivity index (χ1n) is 6.07. The molecule has 2 heteroatoms. The van der Waals surface area contributed by atoms with Gasteiger partial charge in [-0.1, -0.05) is 65.3 Å². The molecule has 0 spiro atoms. The predicted octanol–water partition coefficient (Wildman–Crippen LogP) is 4.43. The zero-order valence-corrected chi connectivity index (χ0v) is 11.9. The molecule has 16 heavy (non-hydrogen) atoms. The summed E-state index contributed by atoms with van der Waals surface area (Å²) in [5.74, 6) is 0. The second-order valence-corrected chi connectivity index (χ2v) is 5.48. The van der Waals surface area contributed by atoms with E-state index < -0.39 is 0 Å². The Bertz CT molecular complexity index is 314. The monoisotopic (exact) mass is 330 g/mol. The first-order chi connectivity index (χ1) is 7.79. The average molecular weight is 330 g/mol. The van der Waals surface area contributed by atoms with Gasteiger partial charge < -0.3 is 4.74 Å². The van der Waals surface area contributed by atoms with Gasteiger partial charge in [-0.15, -0.1) is 0 Å². The highest BCUT2D eigenvalue weighted by molar-refractivity contribution is 14.1. The minimum Gasteiger partial charge on any atom is -0.369 e. The molecule has 1 nitrogen and oxygen atoms in total. The molecule has 88 valence electrons. The number of hydrogen-bond acceptors (Lipinski definition) is 1. The number of rotatable bonds is 4. The highest BCUT2D eigenvalue weighted by Crippen LogP contribution is 2.29. The summed E-state index contributed by atoms with van der Waals surface area (Å²) in [6.07, 6.45) is 5.96.